The van der Waals surface area contributed by atoms with Gasteiger partial charge >= 0.3 is 0 Å². The number of halogens is 2. The molecule has 0 aliphatic carbocycles. The molecule has 2 nitrogen and oxygen atoms in total. The van der Waals surface area contributed by atoms with Crippen LogP contribution in [0.25, 0.3) is 0 Å². The molecule has 1 aromatic heterocycles. The number of phenolic OH excluding ortho intramolecular Hbond substituents is 1. The van der Waals surface area contributed by atoms with Crippen molar-refractivity contribution in [1.82, 2.24) is 5.32 Å². The lowest BCUT2D eigenvalue weighted by molar-refractivity contribution is 0.468. The molecule has 0 unspecified atom stereocenters. The second kappa shape index (κ2) is 6.19. The zero-order chi connectivity index (χ0) is 13.1. The molecular weight excluding hydrogens is 378 g/mol. The van der Waals surface area contributed by atoms with E-state index in [2.05, 4.69) is 54.9 Å². The first-order valence-corrected chi connectivity index (χ1v) is 8.00. The van der Waals surface area contributed by atoms with E-state index in [-0.39, 0.29) is 5.75 Å². The minimum absolute atomic E-state index is 0.243. The highest BCUT2D eigenvalue weighted by molar-refractivity contribution is 9.11. The van der Waals surface area contributed by atoms with Crippen molar-refractivity contribution in [3.05, 3.63) is 48.5 Å². The summed E-state index contributed by atoms with van der Waals surface area (Å²) in [6.45, 7) is 3.76. The average Bonchev–Trinajstić information content (AvgIpc) is 2.72. The molecule has 5 heteroatoms. The Labute approximate surface area is 127 Å². The number of aryl methyl sites for hydroxylation is 1. The molecule has 96 valence electrons. The van der Waals surface area contributed by atoms with Gasteiger partial charge in [0.2, 0.25) is 0 Å². The predicted octanol–water partition coefficient (Wildman–Crippen LogP) is 4.58. The highest BCUT2D eigenvalue weighted by Crippen LogP contribution is 2.33. The highest BCUT2D eigenvalue weighted by atomic mass is 79.9. The Morgan fingerprint density at radius 1 is 1.17 bits per heavy atom. The Hall–Kier alpha value is -0.360. The van der Waals surface area contributed by atoms with Crippen molar-refractivity contribution in [2.45, 2.75) is 20.0 Å². The fourth-order valence-corrected chi connectivity index (χ4v) is 3.77. The van der Waals surface area contributed by atoms with Crippen LogP contribution in [-0.4, -0.2) is 5.11 Å². The number of rotatable bonds is 4. The van der Waals surface area contributed by atoms with Gasteiger partial charge < -0.3 is 10.4 Å². The minimum Gasteiger partial charge on any atom is -0.506 e. The van der Waals surface area contributed by atoms with Gasteiger partial charge in [-0.25, -0.2) is 0 Å². The highest BCUT2D eigenvalue weighted by Gasteiger charge is 2.06. The number of benzene rings is 1. The molecule has 2 aromatic rings. The first-order chi connectivity index (χ1) is 8.58. The van der Waals surface area contributed by atoms with E-state index in [1.165, 1.54) is 11.1 Å². The van der Waals surface area contributed by atoms with Crippen LogP contribution in [0.3, 0.4) is 0 Å². The van der Waals surface area contributed by atoms with Gasteiger partial charge in [-0.05, 0) is 78.4 Å². The monoisotopic (exact) mass is 389 g/mol. The van der Waals surface area contributed by atoms with E-state index in [1.54, 1.807) is 11.3 Å². The summed E-state index contributed by atoms with van der Waals surface area (Å²) in [5.41, 5.74) is 3.80. The Balaban J connectivity index is 1.97. The van der Waals surface area contributed by atoms with Gasteiger partial charge in [0.05, 0.1) is 8.95 Å². The predicted molar refractivity (Wildman–Crippen MR) is 83.1 cm³/mol. The summed E-state index contributed by atoms with van der Waals surface area (Å²) in [4.78, 5) is 0. The Morgan fingerprint density at radius 2 is 1.83 bits per heavy atom. The van der Waals surface area contributed by atoms with Crippen molar-refractivity contribution in [2.24, 2.45) is 0 Å². The van der Waals surface area contributed by atoms with E-state index in [9.17, 15) is 5.11 Å². The molecule has 1 aromatic carbocycles. The maximum Gasteiger partial charge on any atom is 0.143 e. The SMILES string of the molecule is Cc1cscc1CNCc1cc(Br)c(O)c(Br)c1. The lowest BCUT2D eigenvalue weighted by atomic mass is 10.2. The summed E-state index contributed by atoms with van der Waals surface area (Å²) in [7, 11) is 0. The molecule has 0 aliphatic rings. The number of phenols is 1. The molecule has 2 N–H and O–H groups in total. The number of nitrogens with one attached hydrogen (secondary N) is 1. The zero-order valence-corrected chi connectivity index (χ0v) is 13.8. The van der Waals surface area contributed by atoms with E-state index >= 15 is 0 Å². The summed E-state index contributed by atoms with van der Waals surface area (Å²) in [6, 6.07) is 3.85. The smallest absolute Gasteiger partial charge is 0.143 e. The first kappa shape index (κ1) is 14.1. The third-order valence-electron chi connectivity index (χ3n) is 2.68. The quantitative estimate of drug-likeness (QED) is 0.800. The fourth-order valence-electron chi connectivity index (χ4n) is 1.63. The summed E-state index contributed by atoms with van der Waals surface area (Å²) < 4.78 is 1.42. The fraction of sp³-hybridized carbons (Fsp3) is 0.231. The van der Waals surface area contributed by atoms with E-state index < -0.39 is 0 Å². The summed E-state index contributed by atoms with van der Waals surface area (Å²) >= 11 is 8.40. The average molecular weight is 391 g/mol. The molecule has 0 saturated heterocycles. The van der Waals surface area contributed by atoms with Crippen LogP contribution < -0.4 is 5.32 Å². The maximum absolute atomic E-state index is 9.63. The zero-order valence-electron chi connectivity index (χ0n) is 9.84. The van der Waals surface area contributed by atoms with Gasteiger partial charge in [-0.2, -0.15) is 11.3 Å². The van der Waals surface area contributed by atoms with E-state index in [4.69, 9.17) is 0 Å². The standard InChI is InChI=1S/C13H13Br2NOS/c1-8-6-18-7-10(8)5-16-4-9-2-11(14)13(17)12(15)3-9/h2-3,6-7,16-17H,4-5H2,1H3. The van der Waals surface area contributed by atoms with Crippen LogP contribution in [0.4, 0.5) is 0 Å². The second-order valence-corrected chi connectivity index (χ2v) is 6.54. The van der Waals surface area contributed by atoms with Crippen molar-refractivity contribution in [3.8, 4) is 5.75 Å². The molecule has 0 amide bonds. The lowest BCUT2D eigenvalue weighted by Crippen LogP contribution is -2.12. The van der Waals surface area contributed by atoms with Crippen LogP contribution in [-0.2, 0) is 13.1 Å². The molecule has 0 atom stereocenters. The molecule has 0 radical (unpaired) electrons. The van der Waals surface area contributed by atoms with Crippen molar-refractivity contribution in [1.29, 1.82) is 0 Å². The van der Waals surface area contributed by atoms with Crippen LogP contribution in [0.15, 0.2) is 31.8 Å². The van der Waals surface area contributed by atoms with Crippen LogP contribution >= 0.6 is 43.2 Å². The molecule has 18 heavy (non-hydrogen) atoms. The molecular formula is C13H13Br2NOS. The van der Waals surface area contributed by atoms with Gasteiger partial charge in [0.25, 0.3) is 0 Å². The largest absolute Gasteiger partial charge is 0.506 e. The molecule has 0 fully saturated rings. The molecule has 1 heterocycles. The molecule has 2 rings (SSSR count). The second-order valence-electron chi connectivity index (χ2n) is 4.09. The van der Waals surface area contributed by atoms with Crippen molar-refractivity contribution < 1.29 is 5.11 Å². The van der Waals surface area contributed by atoms with E-state index in [0.29, 0.717) is 8.95 Å². The maximum atomic E-state index is 9.63. The topological polar surface area (TPSA) is 32.3 Å². The first-order valence-electron chi connectivity index (χ1n) is 5.47. The summed E-state index contributed by atoms with van der Waals surface area (Å²) in [5, 5.41) is 17.4. The van der Waals surface area contributed by atoms with Crippen LogP contribution in [0.2, 0.25) is 0 Å². The summed E-state index contributed by atoms with van der Waals surface area (Å²) in [5.74, 6) is 0.243. The Morgan fingerprint density at radius 3 is 2.39 bits per heavy atom. The van der Waals surface area contributed by atoms with Crippen LogP contribution in [0.1, 0.15) is 16.7 Å². The molecule has 0 aliphatic heterocycles. The molecule has 0 bridgehead atoms. The number of hydrogen-bond acceptors (Lipinski definition) is 3. The van der Waals surface area contributed by atoms with Crippen molar-refractivity contribution in [2.75, 3.05) is 0 Å². The number of thiophene rings is 1. The normalized spacial score (nSPS) is 10.8. The lowest BCUT2D eigenvalue weighted by Gasteiger charge is -2.08. The van der Waals surface area contributed by atoms with Crippen LogP contribution in [0, 0.1) is 6.92 Å². The third kappa shape index (κ3) is 3.35. The molecule has 0 spiro atoms. The van der Waals surface area contributed by atoms with Crippen LogP contribution in [0.5, 0.6) is 5.75 Å². The Kier molecular flexibility index (Phi) is 4.84. The van der Waals surface area contributed by atoms with Gasteiger partial charge in [0.1, 0.15) is 5.75 Å². The Bertz CT molecular complexity index is 531. The van der Waals surface area contributed by atoms with Gasteiger partial charge in [0.15, 0.2) is 0 Å². The van der Waals surface area contributed by atoms with E-state index in [0.717, 1.165) is 18.7 Å². The third-order valence-corrected chi connectivity index (χ3v) is 4.80. The minimum atomic E-state index is 0.243. The molecule has 0 saturated carbocycles. The van der Waals surface area contributed by atoms with Gasteiger partial charge in [-0.1, -0.05) is 0 Å². The van der Waals surface area contributed by atoms with Gasteiger partial charge in [-0.15, -0.1) is 0 Å². The summed E-state index contributed by atoms with van der Waals surface area (Å²) in [6.07, 6.45) is 0. The van der Waals surface area contributed by atoms with Gasteiger partial charge in [0, 0.05) is 13.1 Å². The van der Waals surface area contributed by atoms with Crippen molar-refractivity contribution >= 4 is 43.2 Å². The van der Waals surface area contributed by atoms with Crippen molar-refractivity contribution in [3.63, 3.8) is 0 Å². The van der Waals surface area contributed by atoms with E-state index in [1.807, 2.05) is 12.1 Å². The number of aromatic hydroxyl groups is 1. The van der Waals surface area contributed by atoms with Gasteiger partial charge in [-0.3, -0.25) is 0 Å². The number of hydrogen-bond donors (Lipinski definition) is 2.